The minimum atomic E-state index is -0.655. The summed E-state index contributed by atoms with van der Waals surface area (Å²) in [5, 5.41) is 14.1. The number of primary amides is 1. The van der Waals surface area contributed by atoms with Gasteiger partial charge >= 0.3 is 0 Å². The Morgan fingerprint density at radius 2 is 1.78 bits per heavy atom. The van der Waals surface area contributed by atoms with Crippen molar-refractivity contribution in [1.29, 1.82) is 0 Å². The van der Waals surface area contributed by atoms with Gasteiger partial charge in [-0.05, 0) is 61.2 Å². The van der Waals surface area contributed by atoms with Crippen LogP contribution in [0.1, 0.15) is 44.9 Å². The SMILES string of the molecule is COc1ccc(-n2nc(C(N)=O)c3c2C(=O)N(c2ccc(C4(CO)CC4)cc2)CC3)cc1. The van der Waals surface area contributed by atoms with E-state index in [0.29, 0.717) is 35.7 Å². The second-order valence-corrected chi connectivity index (χ2v) is 8.34. The Balaban J connectivity index is 1.53. The Labute approximate surface area is 185 Å². The summed E-state index contributed by atoms with van der Waals surface area (Å²) in [7, 11) is 1.58. The van der Waals surface area contributed by atoms with Gasteiger partial charge < -0.3 is 20.5 Å². The van der Waals surface area contributed by atoms with Crippen molar-refractivity contribution in [2.75, 3.05) is 25.2 Å². The van der Waals surface area contributed by atoms with E-state index in [4.69, 9.17) is 10.5 Å². The number of aliphatic hydroxyl groups is 1. The number of aromatic nitrogens is 2. The van der Waals surface area contributed by atoms with Crippen molar-refractivity contribution in [2.45, 2.75) is 24.7 Å². The van der Waals surface area contributed by atoms with Crippen molar-refractivity contribution in [3.63, 3.8) is 0 Å². The lowest BCUT2D eigenvalue weighted by molar-refractivity contribution is 0.0972. The third-order valence-electron chi connectivity index (χ3n) is 6.51. The lowest BCUT2D eigenvalue weighted by Crippen LogP contribution is -2.39. The molecule has 0 unspecified atom stereocenters. The number of amides is 2. The molecule has 2 aliphatic rings. The average molecular weight is 432 g/mol. The average Bonchev–Trinajstić information content (AvgIpc) is 3.52. The van der Waals surface area contributed by atoms with Crippen LogP contribution in [0.5, 0.6) is 5.75 Å². The Hall–Kier alpha value is -3.65. The topological polar surface area (TPSA) is 111 Å². The molecule has 2 heterocycles. The number of ether oxygens (including phenoxy) is 1. The molecule has 3 aromatic rings. The fourth-order valence-electron chi connectivity index (χ4n) is 4.40. The van der Waals surface area contributed by atoms with Gasteiger partial charge in [0.1, 0.15) is 11.4 Å². The number of rotatable bonds is 6. The van der Waals surface area contributed by atoms with Crippen LogP contribution in [0.4, 0.5) is 5.69 Å². The summed E-state index contributed by atoms with van der Waals surface area (Å²) in [6.07, 6.45) is 2.43. The van der Waals surface area contributed by atoms with Crippen LogP contribution in [0.3, 0.4) is 0 Å². The highest BCUT2D eigenvalue weighted by Crippen LogP contribution is 2.48. The van der Waals surface area contributed by atoms with Gasteiger partial charge in [0, 0.05) is 23.2 Å². The van der Waals surface area contributed by atoms with Crippen molar-refractivity contribution >= 4 is 17.5 Å². The molecule has 0 radical (unpaired) electrons. The third-order valence-corrected chi connectivity index (χ3v) is 6.51. The van der Waals surface area contributed by atoms with Gasteiger partial charge in [-0.2, -0.15) is 5.10 Å². The van der Waals surface area contributed by atoms with Crippen LogP contribution in [0.2, 0.25) is 0 Å². The maximum absolute atomic E-state index is 13.6. The highest BCUT2D eigenvalue weighted by atomic mass is 16.5. The van der Waals surface area contributed by atoms with Crippen LogP contribution >= 0.6 is 0 Å². The molecule has 1 fully saturated rings. The van der Waals surface area contributed by atoms with Gasteiger partial charge in [-0.3, -0.25) is 9.59 Å². The number of hydrogen-bond donors (Lipinski definition) is 2. The van der Waals surface area contributed by atoms with E-state index in [1.807, 2.05) is 24.3 Å². The Bertz CT molecular complexity index is 1190. The maximum atomic E-state index is 13.6. The van der Waals surface area contributed by atoms with Crippen molar-refractivity contribution in [2.24, 2.45) is 5.73 Å². The summed E-state index contributed by atoms with van der Waals surface area (Å²) in [4.78, 5) is 27.3. The second kappa shape index (κ2) is 7.49. The van der Waals surface area contributed by atoms with E-state index in [1.165, 1.54) is 4.68 Å². The Morgan fingerprint density at radius 3 is 2.34 bits per heavy atom. The van der Waals surface area contributed by atoms with Gasteiger partial charge in [-0.15, -0.1) is 0 Å². The van der Waals surface area contributed by atoms with Crippen LogP contribution in [-0.2, 0) is 11.8 Å². The first kappa shape index (κ1) is 20.3. The molecule has 8 heteroatoms. The zero-order valence-electron chi connectivity index (χ0n) is 17.7. The van der Waals surface area contributed by atoms with E-state index >= 15 is 0 Å². The van der Waals surface area contributed by atoms with Crippen LogP contribution in [0.15, 0.2) is 48.5 Å². The number of aliphatic hydroxyl groups excluding tert-OH is 1. The van der Waals surface area contributed by atoms with Crippen LogP contribution in [-0.4, -0.2) is 47.0 Å². The monoisotopic (exact) mass is 432 g/mol. The zero-order valence-corrected chi connectivity index (χ0v) is 17.7. The van der Waals surface area contributed by atoms with E-state index < -0.39 is 5.91 Å². The highest BCUT2D eigenvalue weighted by Gasteiger charge is 2.43. The van der Waals surface area contributed by atoms with Crippen molar-refractivity contribution in [3.8, 4) is 11.4 Å². The number of methoxy groups -OCH3 is 1. The molecule has 1 aromatic heterocycles. The van der Waals surface area contributed by atoms with Gasteiger partial charge in [-0.1, -0.05) is 12.1 Å². The molecule has 0 bridgehead atoms. The number of fused-ring (bicyclic) bond motifs is 1. The van der Waals surface area contributed by atoms with E-state index in [-0.39, 0.29) is 23.6 Å². The predicted octanol–water partition coefficient (Wildman–Crippen LogP) is 2.21. The lowest BCUT2D eigenvalue weighted by atomic mass is 9.96. The lowest BCUT2D eigenvalue weighted by Gasteiger charge is -2.28. The number of nitrogens with zero attached hydrogens (tertiary/aromatic N) is 3. The number of carbonyl (C=O) groups excluding carboxylic acids is 2. The second-order valence-electron chi connectivity index (χ2n) is 8.34. The number of anilines is 1. The molecule has 3 N–H and O–H groups in total. The molecular formula is C24H24N4O4. The quantitative estimate of drug-likeness (QED) is 0.620. The number of benzene rings is 2. The molecule has 1 saturated carbocycles. The summed E-state index contributed by atoms with van der Waals surface area (Å²) in [5.41, 5.74) is 8.97. The van der Waals surface area contributed by atoms with Gasteiger partial charge in [0.15, 0.2) is 5.69 Å². The minimum absolute atomic E-state index is 0.123. The molecule has 8 nitrogen and oxygen atoms in total. The van der Waals surface area contributed by atoms with Gasteiger partial charge in [0.2, 0.25) is 0 Å². The number of hydrogen-bond acceptors (Lipinski definition) is 5. The smallest absolute Gasteiger partial charge is 0.277 e. The molecule has 5 rings (SSSR count). The molecule has 2 aromatic carbocycles. The Morgan fingerprint density at radius 1 is 1.12 bits per heavy atom. The molecule has 32 heavy (non-hydrogen) atoms. The first-order valence-corrected chi connectivity index (χ1v) is 10.6. The molecule has 0 atom stereocenters. The number of nitrogens with two attached hydrogens (primary N) is 1. The maximum Gasteiger partial charge on any atom is 0.277 e. The van der Waals surface area contributed by atoms with Crippen molar-refractivity contribution < 1.29 is 19.4 Å². The summed E-state index contributed by atoms with van der Waals surface area (Å²) in [6, 6.07) is 14.9. The summed E-state index contributed by atoms with van der Waals surface area (Å²) in [5.74, 6) is -0.217. The largest absolute Gasteiger partial charge is 0.497 e. The van der Waals surface area contributed by atoms with Gasteiger partial charge in [-0.25, -0.2) is 4.68 Å². The first-order valence-electron chi connectivity index (χ1n) is 10.6. The molecule has 1 aliphatic carbocycles. The molecule has 2 amide bonds. The van der Waals surface area contributed by atoms with Gasteiger partial charge in [0.05, 0.1) is 19.4 Å². The zero-order chi connectivity index (χ0) is 22.5. The molecule has 164 valence electrons. The summed E-state index contributed by atoms with van der Waals surface area (Å²) >= 11 is 0. The van der Waals surface area contributed by atoms with E-state index in [1.54, 1.807) is 36.3 Å². The van der Waals surface area contributed by atoms with Crippen LogP contribution in [0.25, 0.3) is 5.69 Å². The van der Waals surface area contributed by atoms with E-state index in [0.717, 1.165) is 24.1 Å². The minimum Gasteiger partial charge on any atom is -0.497 e. The number of carbonyl (C=O) groups is 2. The summed E-state index contributed by atoms with van der Waals surface area (Å²) < 4.78 is 6.70. The molecule has 0 saturated heterocycles. The van der Waals surface area contributed by atoms with Crippen LogP contribution < -0.4 is 15.4 Å². The first-order chi connectivity index (χ1) is 15.5. The molecule has 1 aliphatic heterocycles. The fraction of sp³-hybridized carbons (Fsp3) is 0.292. The van der Waals surface area contributed by atoms with Gasteiger partial charge in [0.25, 0.3) is 11.8 Å². The Kier molecular flexibility index (Phi) is 4.74. The normalized spacial score (nSPS) is 16.6. The van der Waals surface area contributed by atoms with Crippen LogP contribution in [0, 0.1) is 0 Å². The highest BCUT2D eigenvalue weighted by molar-refractivity contribution is 6.09. The molecule has 0 spiro atoms. The third kappa shape index (κ3) is 3.15. The van der Waals surface area contributed by atoms with E-state index in [2.05, 4.69) is 5.10 Å². The van der Waals surface area contributed by atoms with E-state index in [9.17, 15) is 14.7 Å². The van der Waals surface area contributed by atoms with Crippen molar-refractivity contribution in [3.05, 3.63) is 71.0 Å². The molecular weight excluding hydrogens is 408 g/mol. The van der Waals surface area contributed by atoms with Crippen molar-refractivity contribution in [1.82, 2.24) is 9.78 Å². The predicted molar refractivity (Wildman–Crippen MR) is 118 cm³/mol. The fourth-order valence-corrected chi connectivity index (χ4v) is 4.40. The standard InChI is InChI=1S/C24H24N4O4/c1-32-18-8-6-17(7-9-18)28-21-19(20(26-28)22(25)30)10-13-27(23(21)31)16-4-2-15(3-5-16)24(14-29)11-12-24/h2-9,29H,10-14H2,1H3,(H2,25,30). The summed E-state index contributed by atoms with van der Waals surface area (Å²) in [6.45, 7) is 0.556.